The molecule has 0 aliphatic carbocycles. The van der Waals surface area contributed by atoms with Crippen molar-refractivity contribution in [2.45, 2.75) is 19.5 Å². The largest absolute Gasteiger partial charge is 0.496 e. The molecule has 88 valence electrons. The molecule has 4 nitrogen and oxygen atoms in total. The monoisotopic (exact) mass is 286 g/mol. The van der Waals surface area contributed by atoms with Gasteiger partial charge >= 0.3 is 0 Å². The Bertz CT molecular complexity index is 382. The van der Waals surface area contributed by atoms with Gasteiger partial charge in [-0.15, -0.1) is 0 Å². The second-order valence-corrected chi connectivity index (χ2v) is 4.38. The van der Waals surface area contributed by atoms with Crippen LogP contribution in [0.5, 0.6) is 5.75 Å². The lowest BCUT2D eigenvalue weighted by Crippen LogP contribution is -2.38. The van der Waals surface area contributed by atoms with Gasteiger partial charge in [-0.3, -0.25) is 4.79 Å². The Labute approximate surface area is 103 Å². The summed E-state index contributed by atoms with van der Waals surface area (Å²) in [5, 5.41) is 3.02. The molecule has 3 N–H and O–H groups in total. The molecule has 0 aliphatic rings. The molecule has 16 heavy (non-hydrogen) atoms. The average molecular weight is 287 g/mol. The van der Waals surface area contributed by atoms with Gasteiger partial charge in [-0.1, -0.05) is 22.0 Å². The highest BCUT2D eigenvalue weighted by atomic mass is 79.9. The first-order valence-electron chi connectivity index (χ1n) is 4.89. The number of halogens is 1. The van der Waals surface area contributed by atoms with Crippen LogP contribution >= 0.6 is 15.9 Å². The minimum Gasteiger partial charge on any atom is -0.496 e. The molecule has 1 aromatic rings. The fourth-order valence-corrected chi connectivity index (χ4v) is 1.57. The average Bonchev–Trinajstić information content (AvgIpc) is 2.26. The first kappa shape index (κ1) is 13.0. The summed E-state index contributed by atoms with van der Waals surface area (Å²) in [6.45, 7) is 2.27. The molecule has 0 heterocycles. The molecule has 1 aromatic carbocycles. The van der Waals surface area contributed by atoms with Crippen LogP contribution in [0.15, 0.2) is 22.7 Å². The summed E-state index contributed by atoms with van der Waals surface area (Å²) >= 11 is 3.37. The molecule has 0 radical (unpaired) electrons. The maximum Gasteiger partial charge on any atom is 0.234 e. The lowest BCUT2D eigenvalue weighted by molar-refractivity contribution is -0.119. The third-order valence-electron chi connectivity index (χ3n) is 2.27. The molecule has 5 heteroatoms. The first-order chi connectivity index (χ1) is 7.54. The van der Waals surface area contributed by atoms with Crippen molar-refractivity contribution in [2.24, 2.45) is 5.73 Å². The lowest BCUT2D eigenvalue weighted by Gasteiger charge is -2.12. The van der Waals surface area contributed by atoms with E-state index >= 15 is 0 Å². The Hall–Kier alpha value is -1.07. The van der Waals surface area contributed by atoms with E-state index in [0.717, 1.165) is 15.8 Å². The molecular weight excluding hydrogens is 272 g/mol. The van der Waals surface area contributed by atoms with E-state index in [9.17, 15) is 4.79 Å². The molecule has 0 bridgehead atoms. The van der Waals surface area contributed by atoms with Crippen LogP contribution in [0, 0.1) is 0 Å². The standard InChI is InChI=1S/C11H15BrN2O2/c1-7(11(13)15)14-6-8-3-4-9(12)5-10(8)16-2/h3-5,7,14H,6H2,1-2H3,(H2,13,15). The van der Waals surface area contributed by atoms with Crippen LogP contribution in [0.3, 0.4) is 0 Å². The van der Waals surface area contributed by atoms with Gasteiger partial charge in [-0.2, -0.15) is 0 Å². The van der Waals surface area contributed by atoms with Gasteiger partial charge in [0.15, 0.2) is 0 Å². The number of rotatable bonds is 5. The van der Waals surface area contributed by atoms with E-state index in [1.54, 1.807) is 14.0 Å². The molecule has 0 fully saturated rings. The summed E-state index contributed by atoms with van der Waals surface area (Å²) in [4.78, 5) is 10.9. The second kappa shape index (κ2) is 5.86. The van der Waals surface area contributed by atoms with Gasteiger partial charge in [0.05, 0.1) is 13.2 Å². The quantitative estimate of drug-likeness (QED) is 0.861. The van der Waals surface area contributed by atoms with E-state index in [4.69, 9.17) is 10.5 Å². The van der Waals surface area contributed by atoms with Crippen molar-refractivity contribution < 1.29 is 9.53 Å². The van der Waals surface area contributed by atoms with Crippen LogP contribution in [0.4, 0.5) is 0 Å². The van der Waals surface area contributed by atoms with Gasteiger partial charge in [-0.05, 0) is 19.1 Å². The number of amides is 1. The molecule has 0 spiro atoms. The normalized spacial score (nSPS) is 12.2. The van der Waals surface area contributed by atoms with E-state index in [1.165, 1.54) is 0 Å². The number of primary amides is 1. The van der Waals surface area contributed by atoms with Gasteiger partial charge in [0, 0.05) is 16.6 Å². The number of nitrogens with two attached hydrogens (primary N) is 1. The van der Waals surface area contributed by atoms with E-state index < -0.39 is 0 Å². The van der Waals surface area contributed by atoms with Crippen LogP contribution in [-0.4, -0.2) is 19.1 Å². The minimum absolute atomic E-state index is 0.353. The molecule has 1 atom stereocenters. The van der Waals surface area contributed by atoms with Gasteiger partial charge < -0.3 is 15.8 Å². The smallest absolute Gasteiger partial charge is 0.234 e. The number of hydrogen-bond acceptors (Lipinski definition) is 3. The third kappa shape index (κ3) is 3.50. The molecule has 0 aliphatic heterocycles. The predicted molar refractivity (Wildman–Crippen MR) is 66.2 cm³/mol. The highest BCUT2D eigenvalue weighted by molar-refractivity contribution is 9.10. The van der Waals surface area contributed by atoms with Gasteiger partial charge in [0.25, 0.3) is 0 Å². The second-order valence-electron chi connectivity index (χ2n) is 3.46. The molecule has 1 rings (SSSR count). The maximum absolute atomic E-state index is 10.9. The van der Waals surface area contributed by atoms with Crippen LogP contribution in [0.1, 0.15) is 12.5 Å². The summed E-state index contributed by atoms with van der Waals surface area (Å²) in [6, 6.07) is 5.39. The number of nitrogens with one attached hydrogen (secondary N) is 1. The molecular formula is C11H15BrN2O2. The SMILES string of the molecule is COc1cc(Br)ccc1CNC(C)C(N)=O. The third-order valence-corrected chi connectivity index (χ3v) is 2.77. The van der Waals surface area contributed by atoms with Crippen molar-refractivity contribution in [1.82, 2.24) is 5.32 Å². The lowest BCUT2D eigenvalue weighted by atomic mass is 10.2. The molecule has 0 saturated heterocycles. The summed E-state index contributed by atoms with van der Waals surface area (Å²) in [6.07, 6.45) is 0. The van der Waals surface area contributed by atoms with Gasteiger partial charge in [-0.25, -0.2) is 0 Å². The van der Waals surface area contributed by atoms with Crippen molar-refractivity contribution in [3.05, 3.63) is 28.2 Å². The highest BCUT2D eigenvalue weighted by Crippen LogP contribution is 2.23. The van der Waals surface area contributed by atoms with Crippen molar-refractivity contribution in [1.29, 1.82) is 0 Å². The zero-order valence-electron chi connectivity index (χ0n) is 9.29. The number of methoxy groups -OCH3 is 1. The van der Waals surface area contributed by atoms with Gasteiger partial charge in [0.1, 0.15) is 5.75 Å². The summed E-state index contributed by atoms with van der Waals surface area (Å²) < 4.78 is 6.19. The molecule has 1 unspecified atom stereocenters. The summed E-state index contributed by atoms with van der Waals surface area (Å²) in [5.41, 5.74) is 6.14. The molecule has 0 saturated carbocycles. The maximum atomic E-state index is 10.9. The first-order valence-corrected chi connectivity index (χ1v) is 5.69. The zero-order chi connectivity index (χ0) is 12.1. The van der Waals surface area contributed by atoms with Crippen LogP contribution in [0.25, 0.3) is 0 Å². The van der Waals surface area contributed by atoms with E-state index in [2.05, 4.69) is 21.2 Å². The minimum atomic E-state index is -0.365. The van der Waals surface area contributed by atoms with Crippen molar-refractivity contribution in [2.75, 3.05) is 7.11 Å². The number of benzene rings is 1. The predicted octanol–water partition coefficient (Wildman–Crippen LogP) is 1.42. The highest BCUT2D eigenvalue weighted by Gasteiger charge is 2.09. The zero-order valence-corrected chi connectivity index (χ0v) is 10.9. The Morgan fingerprint density at radius 3 is 2.88 bits per heavy atom. The Morgan fingerprint density at radius 2 is 2.31 bits per heavy atom. The van der Waals surface area contributed by atoms with Crippen molar-refractivity contribution in [3.8, 4) is 5.75 Å². The van der Waals surface area contributed by atoms with E-state index in [-0.39, 0.29) is 11.9 Å². The van der Waals surface area contributed by atoms with E-state index in [0.29, 0.717) is 6.54 Å². The van der Waals surface area contributed by atoms with Crippen molar-refractivity contribution >= 4 is 21.8 Å². The number of ether oxygens (including phenoxy) is 1. The van der Waals surface area contributed by atoms with Gasteiger partial charge in [0.2, 0.25) is 5.91 Å². The molecule has 1 amide bonds. The Kier molecular flexibility index (Phi) is 4.76. The van der Waals surface area contributed by atoms with Crippen molar-refractivity contribution in [3.63, 3.8) is 0 Å². The van der Waals surface area contributed by atoms with E-state index in [1.807, 2.05) is 18.2 Å². The Balaban J connectivity index is 2.70. The van der Waals surface area contributed by atoms with Crippen LogP contribution in [-0.2, 0) is 11.3 Å². The fraction of sp³-hybridized carbons (Fsp3) is 0.364. The topological polar surface area (TPSA) is 64.3 Å². The summed E-state index contributed by atoms with van der Waals surface area (Å²) in [7, 11) is 1.61. The number of carbonyl (C=O) groups is 1. The fourth-order valence-electron chi connectivity index (χ4n) is 1.23. The molecule has 0 aromatic heterocycles. The summed E-state index contributed by atoms with van der Waals surface area (Å²) in [5.74, 6) is 0.412. The Morgan fingerprint density at radius 1 is 1.62 bits per heavy atom. The van der Waals surface area contributed by atoms with Crippen LogP contribution in [0.2, 0.25) is 0 Å². The number of carbonyl (C=O) groups excluding carboxylic acids is 1. The van der Waals surface area contributed by atoms with Crippen LogP contribution < -0.4 is 15.8 Å². The number of hydrogen-bond donors (Lipinski definition) is 2.